The number of piperidine rings is 1. The van der Waals surface area contributed by atoms with Gasteiger partial charge >= 0.3 is 0 Å². The van der Waals surface area contributed by atoms with Crippen LogP contribution in [0.2, 0.25) is 5.02 Å². The lowest BCUT2D eigenvalue weighted by Gasteiger charge is -2.22. The van der Waals surface area contributed by atoms with Gasteiger partial charge in [0, 0.05) is 12.1 Å². The van der Waals surface area contributed by atoms with Crippen molar-refractivity contribution in [1.82, 2.24) is 20.3 Å². The largest absolute Gasteiger partial charge is 0.486 e. The van der Waals surface area contributed by atoms with E-state index in [9.17, 15) is 4.79 Å². The van der Waals surface area contributed by atoms with E-state index in [1.54, 1.807) is 23.0 Å². The normalized spacial score (nSPS) is 16.7. The first kappa shape index (κ1) is 18.8. The highest BCUT2D eigenvalue weighted by atomic mass is 35.5. The lowest BCUT2D eigenvalue weighted by atomic mass is 10.1. The Kier molecular flexibility index (Phi) is 5.85. The predicted octanol–water partition coefficient (Wildman–Crippen LogP) is 2.30. The smallest absolute Gasteiger partial charge is 0.277 e. The number of nitrogens with zero attached hydrogens (tertiary/aromatic N) is 3. The first-order valence-corrected chi connectivity index (χ1v) is 8.61. The van der Waals surface area contributed by atoms with Crippen LogP contribution in [0.4, 0.5) is 5.69 Å². The van der Waals surface area contributed by atoms with Crippen molar-refractivity contribution in [1.29, 1.82) is 0 Å². The Hall–Kier alpha value is -2.03. The number of carbonyl (C=O) groups is 1. The van der Waals surface area contributed by atoms with E-state index in [1.807, 2.05) is 0 Å². The molecule has 3 heterocycles. The number of hydrogen-bond acceptors (Lipinski definition) is 6. The van der Waals surface area contributed by atoms with Gasteiger partial charge in [0.25, 0.3) is 5.91 Å². The standard InChI is InChI=1S/C16H18ClN5O3.ClH/c17-11-7-14-15(25-6-5-24-14)8-12(11)19-16(23)13-9-22(21-20-13)10-1-3-18-4-2-10;/h7-10,18H,1-6H2,(H,19,23);1H. The molecule has 26 heavy (non-hydrogen) atoms. The summed E-state index contributed by atoms with van der Waals surface area (Å²) in [6.07, 6.45) is 3.62. The van der Waals surface area contributed by atoms with E-state index in [2.05, 4.69) is 20.9 Å². The summed E-state index contributed by atoms with van der Waals surface area (Å²) in [5.74, 6) is 0.772. The van der Waals surface area contributed by atoms with Gasteiger partial charge in [-0.15, -0.1) is 17.5 Å². The molecule has 0 unspecified atom stereocenters. The van der Waals surface area contributed by atoms with Crippen LogP contribution in [0.5, 0.6) is 11.5 Å². The van der Waals surface area contributed by atoms with E-state index in [1.165, 1.54) is 0 Å². The molecular weight excluding hydrogens is 381 g/mol. The Bertz CT molecular complexity index is 792. The highest BCUT2D eigenvalue weighted by Gasteiger charge is 2.21. The molecule has 0 spiro atoms. The zero-order valence-electron chi connectivity index (χ0n) is 13.9. The average Bonchev–Trinajstić information content (AvgIpc) is 3.13. The number of anilines is 1. The molecule has 1 aromatic heterocycles. The molecule has 1 saturated heterocycles. The molecule has 0 saturated carbocycles. The first-order valence-electron chi connectivity index (χ1n) is 8.24. The van der Waals surface area contributed by atoms with Crippen molar-refractivity contribution in [3.63, 3.8) is 0 Å². The molecule has 2 aliphatic rings. The summed E-state index contributed by atoms with van der Waals surface area (Å²) >= 11 is 6.22. The molecule has 1 aromatic carbocycles. The predicted molar refractivity (Wildman–Crippen MR) is 98.8 cm³/mol. The Morgan fingerprint density at radius 2 is 1.92 bits per heavy atom. The second-order valence-corrected chi connectivity index (χ2v) is 6.40. The van der Waals surface area contributed by atoms with Gasteiger partial charge in [0.05, 0.1) is 22.9 Å². The molecule has 0 radical (unpaired) electrons. The summed E-state index contributed by atoms with van der Waals surface area (Å²) in [6, 6.07) is 3.57. The quantitative estimate of drug-likeness (QED) is 0.822. The van der Waals surface area contributed by atoms with Gasteiger partial charge in [-0.2, -0.15) is 0 Å². The summed E-state index contributed by atoms with van der Waals surface area (Å²) in [5.41, 5.74) is 0.705. The molecule has 0 atom stereocenters. The highest BCUT2D eigenvalue weighted by molar-refractivity contribution is 6.34. The summed E-state index contributed by atoms with van der Waals surface area (Å²) in [7, 11) is 0. The number of aromatic nitrogens is 3. The topological polar surface area (TPSA) is 90.3 Å². The molecule has 0 aliphatic carbocycles. The summed E-state index contributed by atoms with van der Waals surface area (Å²) in [6.45, 7) is 2.83. The second kappa shape index (κ2) is 8.11. The summed E-state index contributed by atoms with van der Waals surface area (Å²) in [5, 5.41) is 14.5. The third kappa shape index (κ3) is 3.87. The van der Waals surface area contributed by atoms with Crippen molar-refractivity contribution in [2.24, 2.45) is 0 Å². The maximum absolute atomic E-state index is 12.5. The van der Waals surface area contributed by atoms with Gasteiger partial charge in [0.2, 0.25) is 0 Å². The number of carbonyl (C=O) groups excluding carboxylic acids is 1. The van der Waals surface area contributed by atoms with Crippen LogP contribution in [0, 0.1) is 0 Å². The maximum atomic E-state index is 12.5. The molecule has 4 rings (SSSR count). The van der Waals surface area contributed by atoms with Gasteiger partial charge in [0.15, 0.2) is 17.2 Å². The molecule has 8 nitrogen and oxygen atoms in total. The lowest BCUT2D eigenvalue weighted by Crippen LogP contribution is -2.29. The zero-order valence-corrected chi connectivity index (χ0v) is 15.5. The van der Waals surface area contributed by atoms with Gasteiger partial charge in [-0.3, -0.25) is 4.79 Å². The number of halogens is 2. The van der Waals surface area contributed by atoms with E-state index < -0.39 is 0 Å². The molecule has 0 bridgehead atoms. The molecule has 2 N–H and O–H groups in total. The van der Waals surface area contributed by atoms with Crippen molar-refractivity contribution in [3.8, 4) is 11.5 Å². The molecule has 10 heteroatoms. The lowest BCUT2D eigenvalue weighted by molar-refractivity contribution is 0.102. The maximum Gasteiger partial charge on any atom is 0.277 e. The van der Waals surface area contributed by atoms with Crippen molar-refractivity contribution in [3.05, 3.63) is 29.0 Å². The Morgan fingerprint density at radius 1 is 1.23 bits per heavy atom. The van der Waals surface area contributed by atoms with Crippen molar-refractivity contribution in [2.45, 2.75) is 18.9 Å². The number of ether oxygens (including phenoxy) is 2. The van der Waals surface area contributed by atoms with Crippen LogP contribution in [-0.2, 0) is 0 Å². The monoisotopic (exact) mass is 399 g/mol. The van der Waals surface area contributed by atoms with E-state index in [4.69, 9.17) is 21.1 Å². The van der Waals surface area contributed by atoms with Gasteiger partial charge in [-0.1, -0.05) is 16.8 Å². The van der Waals surface area contributed by atoms with Crippen LogP contribution < -0.4 is 20.1 Å². The van der Waals surface area contributed by atoms with Crippen LogP contribution in [0.1, 0.15) is 29.4 Å². The number of benzene rings is 1. The summed E-state index contributed by atoms with van der Waals surface area (Å²) in [4.78, 5) is 12.5. The van der Waals surface area contributed by atoms with E-state index in [0.29, 0.717) is 35.4 Å². The second-order valence-electron chi connectivity index (χ2n) is 5.99. The molecule has 140 valence electrons. The van der Waals surface area contributed by atoms with Gasteiger partial charge in [0.1, 0.15) is 13.2 Å². The highest BCUT2D eigenvalue weighted by Crippen LogP contribution is 2.38. The Morgan fingerprint density at radius 3 is 2.65 bits per heavy atom. The number of hydrogen-bond donors (Lipinski definition) is 2. The average molecular weight is 400 g/mol. The minimum Gasteiger partial charge on any atom is -0.486 e. The van der Waals surface area contributed by atoms with E-state index in [-0.39, 0.29) is 30.0 Å². The third-order valence-corrected chi connectivity index (χ3v) is 4.62. The van der Waals surface area contributed by atoms with E-state index >= 15 is 0 Å². The Balaban J connectivity index is 0.00000196. The fourth-order valence-electron chi connectivity index (χ4n) is 2.98. The van der Waals surface area contributed by atoms with Crippen molar-refractivity contribution >= 4 is 35.6 Å². The first-order chi connectivity index (χ1) is 12.2. The van der Waals surface area contributed by atoms with E-state index in [0.717, 1.165) is 25.9 Å². The summed E-state index contributed by atoms with van der Waals surface area (Å²) < 4.78 is 12.7. The zero-order chi connectivity index (χ0) is 17.2. The van der Waals surface area contributed by atoms with Gasteiger partial charge < -0.3 is 20.1 Å². The van der Waals surface area contributed by atoms with Crippen LogP contribution >= 0.6 is 24.0 Å². The fourth-order valence-corrected chi connectivity index (χ4v) is 3.18. The van der Waals surface area contributed by atoms with Crippen LogP contribution in [-0.4, -0.2) is 47.2 Å². The van der Waals surface area contributed by atoms with Crippen LogP contribution in [0.3, 0.4) is 0 Å². The fraction of sp³-hybridized carbons (Fsp3) is 0.438. The molecule has 1 fully saturated rings. The minimum absolute atomic E-state index is 0. The van der Waals surface area contributed by atoms with Gasteiger partial charge in [-0.05, 0) is 25.9 Å². The number of rotatable bonds is 3. The van der Waals surface area contributed by atoms with Crippen LogP contribution in [0.25, 0.3) is 0 Å². The molecule has 1 amide bonds. The number of nitrogens with one attached hydrogen (secondary N) is 2. The van der Waals surface area contributed by atoms with Crippen LogP contribution in [0.15, 0.2) is 18.3 Å². The third-order valence-electron chi connectivity index (χ3n) is 4.31. The van der Waals surface area contributed by atoms with Crippen molar-refractivity contribution < 1.29 is 14.3 Å². The number of amides is 1. The minimum atomic E-state index is -0.362. The Labute approximate surface area is 161 Å². The molecule has 2 aliphatic heterocycles. The number of fused-ring (bicyclic) bond motifs is 1. The van der Waals surface area contributed by atoms with Gasteiger partial charge in [-0.25, -0.2) is 4.68 Å². The molecular formula is C16H19Cl2N5O3. The van der Waals surface area contributed by atoms with Crippen molar-refractivity contribution in [2.75, 3.05) is 31.6 Å². The SMILES string of the molecule is Cl.O=C(Nc1cc2c(cc1Cl)OCCO2)c1cn(C2CCNCC2)nn1. The molecule has 2 aromatic rings.